The molecule has 0 unspecified atom stereocenters. The fourth-order valence-corrected chi connectivity index (χ4v) is 5.68. The number of rotatable bonds is 5. The molecule has 4 rings (SSSR count). The average Bonchev–Trinajstić information content (AvgIpc) is 2.80. The molecule has 2 fully saturated rings. The largest absolute Gasteiger partial charge is 0.370 e. The molecule has 1 aromatic carbocycles. The van der Waals surface area contributed by atoms with Gasteiger partial charge < -0.3 is 10.2 Å². The monoisotopic (exact) mass is 443 g/mol. The van der Waals surface area contributed by atoms with Crippen molar-refractivity contribution in [3.8, 4) is 0 Å². The van der Waals surface area contributed by atoms with E-state index in [-0.39, 0.29) is 10.6 Å². The fourth-order valence-electron chi connectivity index (χ4n) is 4.14. The molecule has 0 aliphatic carbocycles. The average molecular weight is 444 g/mol. The molecular formula is C22H29N5O3S. The van der Waals surface area contributed by atoms with Crippen molar-refractivity contribution < 1.29 is 13.2 Å². The van der Waals surface area contributed by atoms with E-state index in [2.05, 4.69) is 20.2 Å². The van der Waals surface area contributed by atoms with Crippen LogP contribution in [0.2, 0.25) is 0 Å². The third kappa shape index (κ3) is 4.88. The number of nitrogens with zero attached hydrogens (tertiary/aromatic N) is 4. The van der Waals surface area contributed by atoms with Crippen molar-refractivity contribution in [1.29, 1.82) is 0 Å². The quantitative estimate of drug-likeness (QED) is 0.762. The molecule has 9 heteroatoms. The summed E-state index contributed by atoms with van der Waals surface area (Å²) in [6.45, 7) is 4.64. The van der Waals surface area contributed by atoms with Crippen molar-refractivity contribution in [2.45, 2.75) is 50.3 Å². The smallest absolute Gasteiger partial charge is 0.275 e. The van der Waals surface area contributed by atoms with Gasteiger partial charge in [0.2, 0.25) is 10.0 Å². The zero-order chi connectivity index (χ0) is 21.8. The maximum absolute atomic E-state index is 13.2. The Morgan fingerprint density at radius 1 is 0.935 bits per heavy atom. The first-order valence-corrected chi connectivity index (χ1v) is 12.4. The van der Waals surface area contributed by atoms with Gasteiger partial charge in [0.25, 0.3) is 5.91 Å². The minimum absolute atomic E-state index is 0.194. The van der Waals surface area contributed by atoms with Crippen molar-refractivity contribution in [3.05, 3.63) is 42.0 Å². The summed E-state index contributed by atoms with van der Waals surface area (Å²) in [6, 6.07) is 5.07. The second-order valence-electron chi connectivity index (χ2n) is 8.19. The molecule has 2 saturated heterocycles. The maximum Gasteiger partial charge on any atom is 0.275 e. The van der Waals surface area contributed by atoms with E-state index >= 15 is 0 Å². The Balaban J connectivity index is 1.67. The van der Waals surface area contributed by atoms with E-state index in [1.807, 2.05) is 6.07 Å². The molecule has 8 nitrogen and oxygen atoms in total. The predicted molar refractivity (Wildman–Crippen MR) is 120 cm³/mol. The highest BCUT2D eigenvalue weighted by atomic mass is 32.2. The molecule has 1 amide bonds. The highest BCUT2D eigenvalue weighted by molar-refractivity contribution is 7.89. The molecule has 1 N–H and O–H groups in total. The zero-order valence-corrected chi connectivity index (χ0v) is 18.7. The van der Waals surface area contributed by atoms with Crippen LogP contribution in [0.4, 0.5) is 11.4 Å². The summed E-state index contributed by atoms with van der Waals surface area (Å²) in [4.78, 5) is 23.5. The number of piperidine rings is 2. The highest BCUT2D eigenvalue weighted by Gasteiger charge is 2.28. The molecule has 0 bridgehead atoms. The number of sulfonamides is 1. The van der Waals surface area contributed by atoms with Crippen LogP contribution in [-0.2, 0) is 10.0 Å². The predicted octanol–water partition coefficient (Wildman–Crippen LogP) is 3.20. The van der Waals surface area contributed by atoms with Crippen molar-refractivity contribution in [2.75, 3.05) is 36.4 Å². The number of aryl methyl sites for hydroxylation is 1. The van der Waals surface area contributed by atoms with E-state index in [1.54, 1.807) is 23.4 Å². The molecule has 166 valence electrons. The Morgan fingerprint density at radius 2 is 1.61 bits per heavy atom. The minimum atomic E-state index is -3.60. The van der Waals surface area contributed by atoms with Gasteiger partial charge in [0, 0.05) is 32.4 Å². The number of anilines is 2. The van der Waals surface area contributed by atoms with E-state index in [1.165, 1.54) is 18.8 Å². The van der Waals surface area contributed by atoms with Gasteiger partial charge in [-0.2, -0.15) is 4.31 Å². The molecule has 2 aliphatic rings. The second kappa shape index (κ2) is 9.32. The summed E-state index contributed by atoms with van der Waals surface area (Å²) in [5.74, 6) is -0.404. The standard InChI is InChI=1S/C22H29N5O3S/c1-17-15-24-20(16-23-17)22(28)25-19-14-18(31(29,30)27-12-6-3-7-13-27)8-9-21(19)26-10-4-2-5-11-26/h8-9,14-16H,2-7,10-13H2,1H3,(H,25,28). The number of benzene rings is 1. The van der Waals surface area contributed by atoms with Gasteiger partial charge in [-0.25, -0.2) is 13.4 Å². The van der Waals surface area contributed by atoms with Gasteiger partial charge >= 0.3 is 0 Å². The first-order valence-electron chi connectivity index (χ1n) is 10.9. The Morgan fingerprint density at radius 3 is 2.26 bits per heavy atom. The summed E-state index contributed by atoms with van der Waals surface area (Å²) in [5.41, 5.74) is 2.25. The number of carbonyl (C=O) groups excluding carboxylic acids is 1. The molecule has 0 atom stereocenters. The SMILES string of the molecule is Cc1cnc(C(=O)Nc2cc(S(=O)(=O)N3CCCCC3)ccc2N2CCCCC2)cn1. The molecule has 31 heavy (non-hydrogen) atoms. The van der Waals surface area contributed by atoms with Crippen LogP contribution in [0.25, 0.3) is 0 Å². The van der Waals surface area contributed by atoms with Gasteiger partial charge in [-0.05, 0) is 57.2 Å². The van der Waals surface area contributed by atoms with Crippen LogP contribution >= 0.6 is 0 Å². The lowest BCUT2D eigenvalue weighted by molar-refractivity contribution is 0.102. The van der Waals surface area contributed by atoms with Gasteiger partial charge in [0.1, 0.15) is 5.69 Å². The first kappa shape index (κ1) is 21.7. The van der Waals surface area contributed by atoms with Crippen LogP contribution in [0, 0.1) is 6.92 Å². The number of hydrogen-bond donors (Lipinski definition) is 1. The van der Waals surface area contributed by atoms with Crippen LogP contribution in [-0.4, -0.2) is 54.8 Å². The van der Waals surface area contributed by atoms with E-state index in [0.29, 0.717) is 18.8 Å². The molecule has 2 aromatic rings. The van der Waals surface area contributed by atoms with Crippen molar-refractivity contribution >= 4 is 27.3 Å². The van der Waals surface area contributed by atoms with Crippen LogP contribution in [0.1, 0.15) is 54.7 Å². The lowest BCUT2D eigenvalue weighted by Gasteiger charge is -2.31. The molecule has 2 aliphatic heterocycles. The van der Waals surface area contributed by atoms with Crippen LogP contribution in [0.5, 0.6) is 0 Å². The van der Waals surface area contributed by atoms with E-state index in [4.69, 9.17) is 0 Å². The van der Waals surface area contributed by atoms with E-state index < -0.39 is 15.9 Å². The van der Waals surface area contributed by atoms with Crippen LogP contribution < -0.4 is 10.2 Å². The molecule has 1 aromatic heterocycles. The van der Waals surface area contributed by atoms with Gasteiger partial charge in [0.05, 0.1) is 28.2 Å². The topological polar surface area (TPSA) is 95.5 Å². The van der Waals surface area contributed by atoms with Crippen LogP contribution in [0.15, 0.2) is 35.5 Å². The second-order valence-corrected chi connectivity index (χ2v) is 10.1. The summed E-state index contributed by atoms with van der Waals surface area (Å²) in [5, 5.41) is 2.89. The summed E-state index contributed by atoms with van der Waals surface area (Å²) in [7, 11) is -3.60. The Labute approximate surface area is 183 Å². The Bertz CT molecular complexity index is 1030. The minimum Gasteiger partial charge on any atom is -0.370 e. The first-order chi connectivity index (χ1) is 14.9. The normalized spacial score (nSPS) is 18.0. The van der Waals surface area contributed by atoms with Crippen LogP contribution in [0.3, 0.4) is 0 Å². The molecule has 0 radical (unpaired) electrons. The summed E-state index contributed by atoms with van der Waals surface area (Å²) in [6.07, 6.45) is 9.10. The molecule has 3 heterocycles. The van der Waals surface area contributed by atoms with E-state index in [0.717, 1.165) is 56.6 Å². The lowest BCUT2D eigenvalue weighted by Crippen LogP contribution is -2.36. The highest BCUT2D eigenvalue weighted by Crippen LogP contribution is 2.33. The summed E-state index contributed by atoms with van der Waals surface area (Å²) < 4.78 is 27.9. The van der Waals surface area contributed by atoms with Gasteiger partial charge in [-0.1, -0.05) is 6.42 Å². The number of carbonyl (C=O) groups is 1. The fraction of sp³-hybridized carbons (Fsp3) is 0.500. The van der Waals surface area contributed by atoms with Gasteiger partial charge in [0.15, 0.2) is 0 Å². The number of amides is 1. The number of aromatic nitrogens is 2. The van der Waals surface area contributed by atoms with Gasteiger partial charge in [-0.3, -0.25) is 9.78 Å². The maximum atomic E-state index is 13.2. The third-order valence-corrected chi connectivity index (χ3v) is 7.77. The third-order valence-electron chi connectivity index (χ3n) is 5.88. The molecule has 0 saturated carbocycles. The Kier molecular flexibility index (Phi) is 6.52. The van der Waals surface area contributed by atoms with Crippen molar-refractivity contribution in [2.24, 2.45) is 0 Å². The van der Waals surface area contributed by atoms with Gasteiger partial charge in [-0.15, -0.1) is 0 Å². The Hall–Kier alpha value is -2.52. The summed E-state index contributed by atoms with van der Waals surface area (Å²) >= 11 is 0. The van der Waals surface area contributed by atoms with E-state index in [9.17, 15) is 13.2 Å². The molecule has 0 spiro atoms. The number of nitrogens with one attached hydrogen (secondary N) is 1. The molecular weight excluding hydrogens is 414 g/mol. The lowest BCUT2D eigenvalue weighted by atomic mass is 10.1. The number of hydrogen-bond acceptors (Lipinski definition) is 6. The van der Waals surface area contributed by atoms with Crippen molar-refractivity contribution in [1.82, 2.24) is 14.3 Å². The van der Waals surface area contributed by atoms with Crippen molar-refractivity contribution in [3.63, 3.8) is 0 Å². The zero-order valence-electron chi connectivity index (χ0n) is 17.9.